The minimum absolute atomic E-state index is 0. The fraction of sp³-hybridized carbons (Fsp3) is 0.158. The molecule has 0 atom stereocenters. The van der Waals surface area contributed by atoms with E-state index in [0.717, 1.165) is 24.3 Å². The van der Waals surface area contributed by atoms with Gasteiger partial charge in [0.1, 0.15) is 5.75 Å². The number of rotatable bonds is 4. The van der Waals surface area contributed by atoms with Gasteiger partial charge >= 0.3 is 0 Å². The number of benzene rings is 1. The number of aromatic nitrogens is 5. The number of phenolic OH excluding ortho intramolecular Hbond substituents is 1. The third-order valence-electron chi connectivity index (χ3n) is 3.60. The van der Waals surface area contributed by atoms with Crippen LogP contribution in [0.25, 0.3) is 0 Å². The molecule has 1 N–H and O–H groups in total. The summed E-state index contributed by atoms with van der Waals surface area (Å²) >= 11 is 0. The van der Waals surface area contributed by atoms with E-state index in [1.54, 1.807) is 36.7 Å². The van der Waals surface area contributed by atoms with Crippen molar-refractivity contribution in [2.75, 3.05) is 0 Å². The minimum Gasteiger partial charge on any atom is -0.508 e. The molecule has 0 saturated carbocycles. The van der Waals surface area contributed by atoms with Crippen molar-refractivity contribution in [2.45, 2.75) is 13.1 Å². The molecule has 26 heavy (non-hydrogen) atoms. The molecule has 4 aromatic rings. The molecular formula is C19H20N5OPt-. The average Bonchev–Trinajstić information content (AvgIpc) is 3.34. The number of para-hydroxylation sites is 1. The molecule has 3 heterocycles. The van der Waals surface area contributed by atoms with Crippen molar-refractivity contribution in [1.29, 1.82) is 0 Å². The molecule has 3 aromatic heterocycles. The Balaban J connectivity index is 0.000000258. The normalized spacial score (nSPS) is 9.88. The molecule has 7 heteroatoms. The van der Waals surface area contributed by atoms with Crippen LogP contribution >= 0.6 is 0 Å². The summed E-state index contributed by atoms with van der Waals surface area (Å²) in [5.74, 6) is 0.322. The first kappa shape index (κ1) is 19.7. The fourth-order valence-corrected chi connectivity index (χ4v) is 2.39. The topological polar surface area (TPSA) is 60.8 Å². The second kappa shape index (κ2) is 9.78. The summed E-state index contributed by atoms with van der Waals surface area (Å²) < 4.78 is 5.87. The molecule has 0 aliphatic carbocycles. The molecule has 0 saturated heterocycles. The summed E-state index contributed by atoms with van der Waals surface area (Å²) in [7, 11) is 2.03. The van der Waals surface area contributed by atoms with E-state index in [0.29, 0.717) is 5.75 Å². The van der Waals surface area contributed by atoms with E-state index in [2.05, 4.69) is 27.0 Å². The van der Waals surface area contributed by atoms with Crippen molar-refractivity contribution < 1.29 is 26.2 Å². The SMILES string of the molecule is Cn1cc(Cn2cccn2)[c-]c1Cn1cccn1.Oc1ccccc1.[Pt]. The first-order valence-electron chi connectivity index (χ1n) is 7.96. The predicted molar refractivity (Wildman–Crippen MR) is 95.0 cm³/mol. The van der Waals surface area contributed by atoms with Crippen LogP contribution in [-0.4, -0.2) is 29.2 Å². The minimum atomic E-state index is 0. The van der Waals surface area contributed by atoms with Crippen LogP contribution in [-0.2, 0) is 41.2 Å². The molecule has 0 amide bonds. The quantitative estimate of drug-likeness (QED) is 0.414. The maximum absolute atomic E-state index is 8.63. The summed E-state index contributed by atoms with van der Waals surface area (Å²) in [5, 5.41) is 17.0. The van der Waals surface area contributed by atoms with E-state index in [1.807, 2.05) is 47.0 Å². The van der Waals surface area contributed by atoms with Crippen LogP contribution in [0, 0.1) is 6.07 Å². The largest absolute Gasteiger partial charge is 0.508 e. The van der Waals surface area contributed by atoms with E-state index in [9.17, 15) is 0 Å². The third kappa shape index (κ3) is 5.74. The fourth-order valence-electron chi connectivity index (χ4n) is 2.39. The van der Waals surface area contributed by atoms with E-state index in [-0.39, 0.29) is 21.1 Å². The van der Waals surface area contributed by atoms with Crippen LogP contribution in [0.15, 0.2) is 73.4 Å². The first-order valence-corrected chi connectivity index (χ1v) is 7.96. The summed E-state index contributed by atoms with van der Waals surface area (Å²) in [6.07, 6.45) is 9.56. The number of phenols is 1. The molecule has 0 fully saturated rings. The van der Waals surface area contributed by atoms with Crippen molar-refractivity contribution in [1.82, 2.24) is 24.1 Å². The zero-order valence-electron chi connectivity index (χ0n) is 14.3. The molecule has 0 aliphatic rings. The summed E-state index contributed by atoms with van der Waals surface area (Å²) in [4.78, 5) is 0. The van der Waals surface area contributed by atoms with Gasteiger partial charge in [-0.3, -0.25) is 9.36 Å². The zero-order chi connectivity index (χ0) is 17.5. The van der Waals surface area contributed by atoms with Gasteiger partial charge in [0.25, 0.3) is 0 Å². The van der Waals surface area contributed by atoms with Gasteiger partial charge in [-0.1, -0.05) is 23.9 Å². The molecule has 0 radical (unpaired) electrons. The molecular weight excluding hydrogens is 509 g/mol. The van der Waals surface area contributed by atoms with Gasteiger partial charge in [-0.25, -0.2) is 6.07 Å². The maximum Gasteiger partial charge on any atom is 0.115 e. The number of hydrogen-bond donors (Lipinski definition) is 1. The molecule has 0 aliphatic heterocycles. The monoisotopic (exact) mass is 529 g/mol. The number of nitrogens with zero attached hydrogens (tertiary/aromatic N) is 5. The summed E-state index contributed by atoms with van der Waals surface area (Å²) in [6.45, 7) is 1.49. The van der Waals surface area contributed by atoms with E-state index in [1.165, 1.54) is 0 Å². The van der Waals surface area contributed by atoms with E-state index in [4.69, 9.17) is 5.11 Å². The van der Waals surface area contributed by atoms with Gasteiger partial charge in [-0.2, -0.15) is 15.8 Å². The molecule has 0 unspecified atom stereocenters. The van der Waals surface area contributed by atoms with Gasteiger partial charge in [0.15, 0.2) is 0 Å². The second-order valence-corrected chi connectivity index (χ2v) is 5.58. The Bertz CT molecular complexity index is 870. The van der Waals surface area contributed by atoms with Crippen molar-refractivity contribution in [3.63, 3.8) is 0 Å². The van der Waals surface area contributed by atoms with Crippen molar-refractivity contribution >= 4 is 0 Å². The summed E-state index contributed by atoms with van der Waals surface area (Å²) in [5.41, 5.74) is 2.24. The second-order valence-electron chi connectivity index (χ2n) is 5.58. The Morgan fingerprint density at radius 3 is 2.04 bits per heavy atom. The molecule has 1 aromatic carbocycles. The van der Waals surface area contributed by atoms with Gasteiger partial charge in [-0.15, -0.1) is 6.20 Å². The Labute approximate surface area is 167 Å². The van der Waals surface area contributed by atoms with Gasteiger partial charge in [0.2, 0.25) is 0 Å². The Morgan fingerprint density at radius 2 is 1.54 bits per heavy atom. The van der Waals surface area contributed by atoms with Crippen LogP contribution in [0.2, 0.25) is 0 Å². The molecule has 6 nitrogen and oxygen atoms in total. The standard InChI is InChI=1S/C13H14N5.C6H6O.Pt/c1-16-9-12(10-17-6-2-4-14-17)8-13(16)11-18-7-3-5-15-18;7-6-4-2-1-3-5-6;/h2-7,9H,10-11H2,1H3;1-5,7H;/q-1;;. The molecule has 0 bridgehead atoms. The zero-order valence-corrected chi connectivity index (χ0v) is 16.6. The average molecular weight is 529 g/mol. The van der Waals surface area contributed by atoms with Crippen LogP contribution in [0.3, 0.4) is 0 Å². The predicted octanol–water partition coefficient (Wildman–Crippen LogP) is 2.70. The van der Waals surface area contributed by atoms with Gasteiger partial charge in [0.05, 0.1) is 6.54 Å². The first-order chi connectivity index (χ1) is 12.2. The van der Waals surface area contributed by atoms with Crippen LogP contribution in [0.1, 0.15) is 11.3 Å². The van der Waals surface area contributed by atoms with Gasteiger partial charge in [0, 0.05) is 52.4 Å². The summed E-state index contributed by atoms with van der Waals surface area (Å²) in [6, 6.07) is 16.0. The van der Waals surface area contributed by atoms with E-state index >= 15 is 0 Å². The molecule has 138 valence electrons. The Morgan fingerprint density at radius 1 is 0.923 bits per heavy atom. The smallest absolute Gasteiger partial charge is 0.115 e. The van der Waals surface area contributed by atoms with Crippen molar-refractivity contribution in [3.8, 4) is 5.75 Å². The van der Waals surface area contributed by atoms with Crippen molar-refractivity contribution in [2.24, 2.45) is 7.05 Å². The Hall–Kier alpha value is -2.59. The van der Waals surface area contributed by atoms with Crippen LogP contribution in [0.5, 0.6) is 5.75 Å². The Kier molecular flexibility index (Phi) is 7.42. The van der Waals surface area contributed by atoms with Gasteiger partial charge in [-0.05, 0) is 31.3 Å². The van der Waals surface area contributed by atoms with Gasteiger partial charge < -0.3 is 9.67 Å². The number of aromatic hydroxyl groups is 1. The van der Waals surface area contributed by atoms with E-state index < -0.39 is 0 Å². The molecule has 4 rings (SSSR count). The maximum atomic E-state index is 8.63. The molecule has 0 spiro atoms. The number of hydrogen-bond acceptors (Lipinski definition) is 3. The number of aryl methyl sites for hydroxylation is 1. The van der Waals surface area contributed by atoms with Crippen molar-refractivity contribution in [3.05, 3.63) is 90.8 Å². The third-order valence-corrected chi connectivity index (χ3v) is 3.60. The van der Waals surface area contributed by atoms with Crippen LogP contribution < -0.4 is 0 Å². The van der Waals surface area contributed by atoms with Crippen LogP contribution in [0.4, 0.5) is 0 Å².